The van der Waals surface area contributed by atoms with Crippen molar-refractivity contribution in [3.05, 3.63) is 163 Å². The molecular weight excluding hydrogens is 607 g/mol. The van der Waals surface area contributed by atoms with E-state index >= 15 is 0 Å². The van der Waals surface area contributed by atoms with E-state index in [2.05, 4.69) is 84.9 Å². The van der Waals surface area contributed by atoms with E-state index in [-0.39, 0.29) is 0 Å². The van der Waals surface area contributed by atoms with Crippen molar-refractivity contribution < 1.29 is 11.4 Å². The van der Waals surface area contributed by atoms with Gasteiger partial charge in [0.25, 0.3) is 0 Å². The summed E-state index contributed by atoms with van der Waals surface area (Å²) in [5.41, 5.74) is 8.05. The van der Waals surface area contributed by atoms with Crippen molar-refractivity contribution in [2.24, 2.45) is 0 Å². The molecule has 0 saturated heterocycles. The van der Waals surface area contributed by atoms with Crippen molar-refractivity contribution in [3.8, 4) is 39.5 Å². The Morgan fingerprint density at radius 3 is 1.48 bits per heavy atom. The second-order valence-corrected chi connectivity index (χ2v) is 13.1. The predicted octanol–water partition coefficient (Wildman–Crippen LogP) is 10.4. The molecule has 0 aliphatic rings. The first-order chi connectivity index (χ1) is 23.6. The fourth-order valence-corrected chi connectivity index (χ4v) is 7.38. The molecule has 0 N–H and O–H groups in total. The molecule has 0 unspecified atom stereocenters. The molecule has 230 valence electrons. The van der Waals surface area contributed by atoms with Crippen LogP contribution in [0.1, 0.15) is 11.4 Å². The van der Waals surface area contributed by atoms with Crippen LogP contribution in [0.25, 0.3) is 54.8 Å². The van der Waals surface area contributed by atoms with Gasteiger partial charge in [-0.05, 0) is 77.9 Å². The van der Waals surface area contributed by atoms with Gasteiger partial charge in [0.05, 0.1) is 5.75 Å². The summed E-state index contributed by atoms with van der Waals surface area (Å²) in [6, 6.07) is 51.6. The number of hydrogen-bond acceptors (Lipinski definition) is 5. The second kappa shape index (κ2) is 12.9. The van der Waals surface area contributed by atoms with Crippen molar-refractivity contribution in [2.45, 2.75) is 13.8 Å². The van der Waals surface area contributed by atoms with Crippen LogP contribution >= 0.6 is 0 Å². The summed E-state index contributed by atoms with van der Waals surface area (Å²) in [7, 11) is 0. The summed E-state index contributed by atoms with van der Waals surface area (Å²) < 4.78 is 20.1. The quantitative estimate of drug-likeness (QED) is 0.155. The van der Waals surface area contributed by atoms with Crippen LogP contribution in [-0.2, 0) is 0 Å². The SMILES string of the molecule is Cc1ccc2cccc([O][Al]([O]c3cccc4cc(-c5ccc(-c6ccccc6)cc5)ccc34)[O]c3cccc4ccc(C)nc34)c2n1. The standard InChI is InChI=1S/C22H16O.2C10H9NO.Al/c23-22-8-4-7-20-15-19(13-14-21(20)22)18-11-9-17(10-12-18)16-5-2-1-3-6-16;2*1-7-5-6-8-3-2-4-9(12)10(8)11-7;/h1-15,23H;2*2-6,12H,1H3;/q;;;+3/p-3. The Hall–Kier alpha value is -5.67. The Kier molecular flexibility index (Phi) is 7.96. The van der Waals surface area contributed by atoms with E-state index in [0.717, 1.165) is 55.1 Å². The maximum absolute atomic E-state index is 6.74. The molecule has 0 atom stereocenters. The molecule has 0 amide bonds. The number of fused-ring (bicyclic) bond motifs is 3. The molecule has 8 aromatic rings. The van der Waals surface area contributed by atoms with E-state index in [1.54, 1.807) is 0 Å². The molecule has 5 nitrogen and oxygen atoms in total. The molecule has 0 aliphatic heterocycles. The zero-order valence-electron chi connectivity index (χ0n) is 26.6. The number of hydrogen-bond donors (Lipinski definition) is 0. The topological polar surface area (TPSA) is 53.5 Å². The number of pyridine rings is 2. The van der Waals surface area contributed by atoms with Gasteiger partial charge in [-0.15, -0.1) is 0 Å². The normalized spacial score (nSPS) is 11.1. The van der Waals surface area contributed by atoms with Crippen LogP contribution in [0, 0.1) is 13.8 Å². The van der Waals surface area contributed by atoms with Crippen LogP contribution in [0.4, 0.5) is 0 Å². The largest absolute Gasteiger partial charge is 1.20 e. The van der Waals surface area contributed by atoms with E-state index in [0.29, 0.717) is 17.2 Å². The van der Waals surface area contributed by atoms with Crippen LogP contribution in [0.2, 0.25) is 0 Å². The summed E-state index contributed by atoms with van der Waals surface area (Å²) in [5, 5.41) is 4.02. The molecule has 0 aliphatic carbocycles. The molecule has 6 aromatic carbocycles. The van der Waals surface area contributed by atoms with Gasteiger partial charge < -0.3 is 11.4 Å². The second-order valence-electron chi connectivity index (χ2n) is 11.8. The first kappa shape index (κ1) is 29.7. The minimum Gasteiger partial charge on any atom is -0.577 e. The molecule has 48 heavy (non-hydrogen) atoms. The third-order valence-electron chi connectivity index (χ3n) is 8.48. The molecule has 8 rings (SSSR count). The van der Waals surface area contributed by atoms with E-state index in [1.807, 2.05) is 80.6 Å². The predicted molar refractivity (Wildman–Crippen MR) is 195 cm³/mol. The van der Waals surface area contributed by atoms with Gasteiger partial charge >= 0.3 is 15.1 Å². The molecule has 0 radical (unpaired) electrons. The van der Waals surface area contributed by atoms with Gasteiger partial charge in [-0.2, -0.15) is 0 Å². The molecule has 0 saturated carbocycles. The third-order valence-corrected chi connectivity index (χ3v) is 9.82. The van der Waals surface area contributed by atoms with Gasteiger partial charge in [-0.3, -0.25) is 0 Å². The van der Waals surface area contributed by atoms with E-state index < -0.39 is 15.1 Å². The summed E-state index contributed by atoms with van der Waals surface area (Å²) in [4.78, 5) is 9.58. The highest BCUT2D eigenvalue weighted by molar-refractivity contribution is 6.40. The molecule has 0 bridgehead atoms. The van der Waals surface area contributed by atoms with Gasteiger partial charge in [-0.1, -0.05) is 115 Å². The Bertz CT molecular complexity index is 2330. The highest BCUT2D eigenvalue weighted by Crippen LogP contribution is 2.33. The van der Waals surface area contributed by atoms with Gasteiger partial charge in [-0.25, -0.2) is 9.97 Å². The molecule has 2 aromatic heterocycles. The Morgan fingerprint density at radius 2 is 0.875 bits per heavy atom. The average molecular weight is 639 g/mol. The fourth-order valence-electron chi connectivity index (χ4n) is 6.03. The third kappa shape index (κ3) is 6.08. The first-order valence-electron chi connectivity index (χ1n) is 16.0. The van der Waals surface area contributed by atoms with Gasteiger partial charge in [0.15, 0.2) is 0 Å². The van der Waals surface area contributed by atoms with Crippen molar-refractivity contribution in [1.82, 2.24) is 9.97 Å². The van der Waals surface area contributed by atoms with Crippen LogP contribution < -0.4 is 11.4 Å². The van der Waals surface area contributed by atoms with Crippen molar-refractivity contribution in [3.63, 3.8) is 0 Å². The maximum Gasteiger partial charge on any atom is 1.20 e. The van der Waals surface area contributed by atoms with E-state index in [9.17, 15) is 0 Å². The van der Waals surface area contributed by atoms with Crippen LogP contribution in [0.15, 0.2) is 152 Å². The number of aryl methyl sites for hydroxylation is 2. The Balaban J connectivity index is 1.15. The van der Waals surface area contributed by atoms with Gasteiger partial charge in [0.2, 0.25) is 0 Å². The fraction of sp³-hybridized carbons (Fsp3) is 0.0476. The number of aromatic nitrogens is 2. The lowest BCUT2D eigenvalue weighted by molar-refractivity contribution is 0.311. The summed E-state index contributed by atoms with van der Waals surface area (Å²) in [6.45, 7) is 3.95. The highest BCUT2D eigenvalue weighted by atomic mass is 27.3. The zero-order valence-corrected chi connectivity index (χ0v) is 27.8. The summed E-state index contributed by atoms with van der Waals surface area (Å²) in [6.07, 6.45) is 0. The zero-order chi connectivity index (χ0) is 32.5. The van der Waals surface area contributed by atoms with Crippen LogP contribution in [-0.4, -0.2) is 25.1 Å². The van der Waals surface area contributed by atoms with Crippen molar-refractivity contribution >= 4 is 47.7 Å². The lowest BCUT2D eigenvalue weighted by Crippen LogP contribution is -2.37. The van der Waals surface area contributed by atoms with E-state index in [1.165, 1.54) is 11.1 Å². The molecule has 0 spiro atoms. The smallest absolute Gasteiger partial charge is 0.577 e. The molecule has 2 heterocycles. The monoisotopic (exact) mass is 638 g/mol. The molecule has 6 heteroatoms. The maximum atomic E-state index is 6.74. The summed E-state index contributed by atoms with van der Waals surface area (Å²) >= 11 is -2.96. The van der Waals surface area contributed by atoms with Crippen molar-refractivity contribution in [1.29, 1.82) is 0 Å². The van der Waals surface area contributed by atoms with E-state index in [4.69, 9.17) is 21.3 Å². The first-order valence-corrected chi connectivity index (χ1v) is 17.4. The van der Waals surface area contributed by atoms with Crippen molar-refractivity contribution in [2.75, 3.05) is 0 Å². The van der Waals surface area contributed by atoms with Crippen LogP contribution in [0.5, 0.6) is 17.2 Å². The van der Waals surface area contributed by atoms with Crippen LogP contribution in [0.3, 0.4) is 0 Å². The number of nitrogens with zero attached hydrogens (tertiary/aromatic N) is 2. The van der Waals surface area contributed by atoms with Gasteiger partial charge in [0, 0.05) is 27.5 Å². The highest BCUT2D eigenvalue weighted by Gasteiger charge is 2.45. The number of para-hydroxylation sites is 2. The lowest BCUT2D eigenvalue weighted by atomic mass is 9.98. The Labute approximate surface area is 284 Å². The number of rotatable bonds is 8. The molecular formula is C42H31AlN2O3. The Morgan fingerprint density at radius 1 is 0.396 bits per heavy atom. The lowest BCUT2D eigenvalue weighted by Gasteiger charge is -2.19. The minimum absolute atomic E-state index is 0.624. The minimum atomic E-state index is -2.96. The average Bonchev–Trinajstić information content (AvgIpc) is 3.12. The summed E-state index contributed by atoms with van der Waals surface area (Å²) in [5.74, 6) is 1.95. The van der Waals surface area contributed by atoms with Gasteiger partial charge in [0.1, 0.15) is 22.5 Å². The number of benzene rings is 6. The molecule has 0 fully saturated rings.